The van der Waals surface area contributed by atoms with Gasteiger partial charge in [-0.25, -0.2) is 4.98 Å². The van der Waals surface area contributed by atoms with Gasteiger partial charge in [0, 0.05) is 42.6 Å². The highest BCUT2D eigenvalue weighted by molar-refractivity contribution is 6.30. The Morgan fingerprint density at radius 2 is 2.29 bits per heavy atom. The monoisotopic (exact) mass is 349 g/mol. The van der Waals surface area contributed by atoms with Crippen molar-refractivity contribution in [3.8, 4) is 0 Å². The lowest BCUT2D eigenvalue weighted by molar-refractivity contribution is -0.384. The predicted molar refractivity (Wildman–Crippen MR) is 91.8 cm³/mol. The second-order valence-corrected chi connectivity index (χ2v) is 6.03. The summed E-state index contributed by atoms with van der Waals surface area (Å²) >= 11 is 5.84. The standard InChI is InChI=1S/C15H16ClN5O3/c16-10-3-4-12(13(8-10)21(23)24)19-11-2-1-7-20(9-11)14-15(22)18-6-5-17-14/h3-6,8,11,19H,1-2,7,9H2,(H,18,22)/t11-/m0/s1. The number of anilines is 2. The third-order valence-corrected chi connectivity index (χ3v) is 4.16. The Labute approximate surface area is 142 Å². The summed E-state index contributed by atoms with van der Waals surface area (Å²) in [5.74, 6) is 0.370. The molecule has 0 aliphatic carbocycles. The maximum absolute atomic E-state index is 11.9. The van der Waals surface area contributed by atoms with Gasteiger partial charge in [0.05, 0.1) is 4.92 Å². The third-order valence-electron chi connectivity index (χ3n) is 3.93. The van der Waals surface area contributed by atoms with Crippen LogP contribution in [0.3, 0.4) is 0 Å². The highest BCUT2D eigenvalue weighted by Gasteiger charge is 2.24. The minimum atomic E-state index is -0.460. The molecule has 2 N–H and O–H groups in total. The van der Waals surface area contributed by atoms with Crippen LogP contribution in [0.5, 0.6) is 0 Å². The maximum Gasteiger partial charge on any atom is 0.293 e. The maximum atomic E-state index is 11.9. The number of nitrogens with zero attached hydrogens (tertiary/aromatic N) is 3. The number of halogens is 1. The van der Waals surface area contributed by atoms with Crippen LogP contribution in [0.15, 0.2) is 35.4 Å². The number of H-pyrrole nitrogens is 1. The molecule has 2 aromatic rings. The zero-order chi connectivity index (χ0) is 17.1. The molecule has 1 saturated heterocycles. The van der Waals surface area contributed by atoms with Gasteiger partial charge in [0.15, 0.2) is 5.82 Å². The predicted octanol–water partition coefficient (Wildman–Crippen LogP) is 2.41. The second-order valence-electron chi connectivity index (χ2n) is 5.59. The molecule has 1 aliphatic rings. The molecular formula is C15H16ClN5O3. The average molecular weight is 350 g/mol. The van der Waals surface area contributed by atoms with E-state index in [4.69, 9.17) is 11.6 Å². The van der Waals surface area contributed by atoms with E-state index in [-0.39, 0.29) is 17.3 Å². The summed E-state index contributed by atoms with van der Waals surface area (Å²) in [5.41, 5.74) is 0.122. The van der Waals surface area contributed by atoms with E-state index in [0.717, 1.165) is 19.4 Å². The SMILES string of the molecule is O=c1[nH]ccnc1N1CCC[C@H](Nc2ccc(Cl)cc2[N+](=O)[O-])C1. The Morgan fingerprint density at radius 3 is 3.04 bits per heavy atom. The van der Waals surface area contributed by atoms with Crippen LogP contribution >= 0.6 is 11.6 Å². The summed E-state index contributed by atoms with van der Waals surface area (Å²) in [6, 6.07) is 4.52. The van der Waals surface area contributed by atoms with E-state index >= 15 is 0 Å². The molecule has 0 saturated carbocycles. The number of nitro benzene ring substituents is 1. The lowest BCUT2D eigenvalue weighted by Crippen LogP contribution is -2.44. The summed E-state index contributed by atoms with van der Waals surface area (Å²) in [7, 11) is 0. The normalized spacial score (nSPS) is 17.5. The van der Waals surface area contributed by atoms with Gasteiger partial charge in [-0.1, -0.05) is 11.6 Å². The fourth-order valence-corrected chi connectivity index (χ4v) is 3.02. The van der Waals surface area contributed by atoms with Crippen LogP contribution in [0, 0.1) is 10.1 Å². The van der Waals surface area contributed by atoms with Crippen LogP contribution in [0.4, 0.5) is 17.2 Å². The van der Waals surface area contributed by atoms with Gasteiger partial charge < -0.3 is 15.2 Å². The zero-order valence-corrected chi connectivity index (χ0v) is 13.5. The van der Waals surface area contributed by atoms with Crippen molar-refractivity contribution in [1.82, 2.24) is 9.97 Å². The molecule has 1 atom stereocenters. The number of nitrogens with one attached hydrogen (secondary N) is 2. The Hall–Kier alpha value is -2.61. The Bertz CT molecular complexity index is 810. The Kier molecular flexibility index (Phi) is 4.66. The molecule has 3 rings (SSSR count). The number of benzene rings is 1. The summed E-state index contributed by atoms with van der Waals surface area (Å²) in [4.78, 5) is 31.2. The zero-order valence-electron chi connectivity index (χ0n) is 12.7. The van der Waals surface area contributed by atoms with Crippen molar-refractivity contribution in [2.75, 3.05) is 23.3 Å². The van der Waals surface area contributed by atoms with E-state index in [0.29, 0.717) is 23.1 Å². The first kappa shape index (κ1) is 16.3. The summed E-state index contributed by atoms with van der Waals surface area (Å²) in [6.07, 6.45) is 4.73. The molecule has 1 aromatic carbocycles. The highest BCUT2D eigenvalue weighted by atomic mass is 35.5. The van der Waals surface area contributed by atoms with Crippen LogP contribution in [0.1, 0.15) is 12.8 Å². The number of piperidine rings is 1. The van der Waals surface area contributed by atoms with Gasteiger partial charge in [0.25, 0.3) is 11.2 Å². The number of rotatable bonds is 4. The number of aromatic amines is 1. The van der Waals surface area contributed by atoms with E-state index in [2.05, 4.69) is 15.3 Å². The fraction of sp³-hybridized carbons (Fsp3) is 0.333. The third kappa shape index (κ3) is 3.48. The first-order chi connectivity index (χ1) is 11.5. The van der Waals surface area contributed by atoms with E-state index < -0.39 is 4.92 Å². The quantitative estimate of drug-likeness (QED) is 0.648. The molecule has 8 nitrogen and oxygen atoms in total. The molecule has 0 spiro atoms. The molecule has 24 heavy (non-hydrogen) atoms. The first-order valence-electron chi connectivity index (χ1n) is 7.53. The van der Waals surface area contributed by atoms with Crippen molar-refractivity contribution < 1.29 is 4.92 Å². The summed E-state index contributed by atoms with van der Waals surface area (Å²) < 4.78 is 0. The molecule has 0 radical (unpaired) electrons. The highest BCUT2D eigenvalue weighted by Crippen LogP contribution is 2.29. The van der Waals surface area contributed by atoms with Crippen LogP contribution in [-0.4, -0.2) is 34.0 Å². The van der Waals surface area contributed by atoms with E-state index in [1.54, 1.807) is 12.1 Å². The fourth-order valence-electron chi connectivity index (χ4n) is 2.85. The smallest absolute Gasteiger partial charge is 0.293 e. The van der Waals surface area contributed by atoms with Gasteiger partial charge >= 0.3 is 0 Å². The molecular weight excluding hydrogens is 334 g/mol. The average Bonchev–Trinajstić information content (AvgIpc) is 2.57. The number of nitro groups is 1. The Morgan fingerprint density at radius 1 is 1.46 bits per heavy atom. The number of aromatic nitrogens is 2. The van der Waals surface area contributed by atoms with Crippen molar-refractivity contribution in [2.24, 2.45) is 0 Å². The minimum Gasteiger partial charge on any atom is -0.375 e. The number of hydrogen-bond acceptors (Lipinski definition) is 6. The van der Waals surface area contributed by atoms with Gasteiger partial charge in [0.2, 0.25) is 0 Å². The molecule has 0 amide bonds. The van der Waals surface area contributed by atoms with Gasteiger partial charge in [-0.3, -0.25) is 14.9 Å². The molecule has 9 heteroatoms. The summed E-state index contributed by atoms with van der Waals surface area (Å²) in [6.45, 7) is 1.26. The molecule has 1 aliphatic heterocycles. The second kappa shape index (κ2) is 6.88. The molecule has 2 heterocycles. The van der Waals surface area contributed by atoms with Crippen LogP contribution in [-0.2, 0) is 0 Å². The van der Waals surface area contributed by atoms with Gasteiger partial charge in [-0.15, -0.1) is 0 Å². The number of hydrogen-bond donors (Lipinski definition) is 2. The molecule has 0 bridgehead atoms. The van der Waals surface area contributed by atoms with Crippen LogP contribution < -0.4 is 15.8 Å². The molecule has 1 fully saturated rings. The van der Waals surface area contributed by atoms with Crippen molar-refractivity contribution in [3.63, 3.8) is 0 Å². The first-order valence-corrected chi connectivity index (χ1v) is 7.91. The Balaban J connectivity index is 1.78. The van der Waals surface area contributed by atoms with E-state index in [9.17, 15) is 14.9 Å². The van der Waals surface area contributed by atoms with Crippen molar-refractivity contribution in [3.05, 3.63) is 56.1 Å². The molecule has 1 aromatic heterocycles. The van der Waals surface area contributed by atoms with E-state index in [1.165, 1.54) is 18.5 Å². The van der Waals surface area contributed by atoms with Crippen molar-refractivity contribution in [2.45, 2.75) is 18.9 Å². The lowest BCUT2D eigenvalue weighted by atomic mass is 10.1. The van der Waals surface area contributed by atoms with Gasteiger partial charge in [0.1, 0.15) is 5.69 Å². The topological polar surface area (TPSA) is 104 Å². The van der Waals surface area contributed by atoms with Gasteiger partial charge in [-0.05, 0) is 25.0 Å². The summed E-state index contributed by atoms with van der Waals surface area (Å²) in [5, 5.41) is 14.7. The largest absolute Gasteiger partial charge is 0.375 e. The van der Waals surface area contributed by atoms with Gasteiger partial charge in [-0.2, -0.15) is 0 Å². The lowest BCUT2D eigenvalue weighted by Gasteiger charge is -2.33. The van der Waals surface area contributed by atoms with Crippen molar-refractivity contribution >= 4 is 28.8 Å². The molecule has 0 unspecified atom stereocenters. The molecule has 126 valence electrons. The minimum absolute atomic E-state index is 0.0277. The van der Waals surface area contributed by atoms with Crippen LogP contribution in [0.25, 0.3) is 0 Å². The van der Waals surface area contributed by atoms with Crippen LogP contribution in [0.2, 0.25) is 5.02 Å². The van der Waals surface area contributed by atoms with Crippen molar-refractivity contribution in [1.29, 1.82) is 0 Å². The van der Waals surface area contributed by atoms with E-state index in [1.807, 2.05) is 4.90 Å².